The van der Waals surface area contributed by atoms with E-state index in [1.165, 1.54) is 4.57 Å². The first-order valence-corrected chi connectivity index (χ1v) is 8.50. The quantitative estimate of drug-likeness (QED) is 0.691. The Kier molecular flexibility index (Phi) is 5.04. The van der Waals surface area contributed by atoms with Crippen molar-refractivity contribution in [3.05, 3.63) is 63.5 Å². The number of methoxy groups -OCH3 is 1. The summed E-state index contributed by atoms with van der Waals surface area (Å²) in [6.45, 7) is 0.307. The number of benzene rings is 2. The molecule has 0 spiro atoms. The second-order valence-electron chi connectivity index (χ2n) is 6.12. The highest BCUT2D eigenvalue weighted by molar-refractivity contribution is 6.30. The van der Waals surface area contributed by atoms with Crippen LogP contribution in [-0.4, -0.2) is 34.1 Å². The molecule has 0 unspecified atom stereocenters. The minimum atomic E-state index is -0.215. The molecule has 0 aliphatic carbocycles. The van der Waals surface area contributed by atoms with Crippen molar-refractivity contribution in [3.8, 4) is 5.75 Å². The van der Waals surface area contributed by atoms with Crippen LogP contribution < -0.4 is 10.4 Å². The Labute approximate surface area is 156 Å². The number of carbonyl (C=O) groups is 1. The topological polar surface area (TPSA) is 56.5 Å². The van der Waals surface area contributed by atoms with Crippen molar-refractivity contribution in [1.82, 2.24) is 14.0 Å². The van der Waals surface area contributed by atoms with Crippen LogP contribution in [0.2, 0.25) is 5.02 Å². The van der Waals surface area contributed by atoms with E-state index in [0.717, 1.165) is 16.6 Å². The second kappa shape index (κ2) is 7.25. The van der Waals surface area contributed by atoms with Gasteiger partial charge in [0.25, 0.3) is 0 Å². The molecule has 26 heavy (non-hydrogen) atoms. The highest BCUT2D eigenvalue weighted by Gasteiger charge is 2.17. The zero-order chi connectivity index (χ0) is 18.8. The van der Waals surface area contributed by atoms with Gasteiger partial charge in [0.1, 0.15) is 12.3 Å². The monoisotopic (exact) mass is 373 g/mol. The zero-order valence-electron chi connectivity index (χ0n) is 14.9. The summed E-state index contributed by atoms with van der Waals surface area (Å²) in [4.78, 5) is 26.7. The number of halogens is 1. The molecule has 0 fully saturated rings. The molecule has 0 N–H and O–H groups in total. The van der Waals surface area contributed by atoms with Gasteiger partial charge >= 0.3 is 5.69 Å². The molecule has 0 atom stereocenters. The largest absolute Gasteiger partial charge is 0.496 e. The SMILES string of the molecule is COc1ccc(Cl)cc1CN(C)C(=O)Cn1c(=O)n(C)c2ccccc21. The maximum atomic E-state index is 12.7. The molecule has 1 aromatic heterocycles. The molecule has 6 nitrogen and oxygen atoms in total. The molecule has 0 aliphatic rings. The number of aromatic nitrogens is 2. The van der Waals surface area contributed by atoms with Crippen molar-refractivity contribution in [2.45, 2.75) is 13.1 Å². The molecule has 0 bridgehead atoms. The number of carbonyl (C=O) groups excluding carboxylic acids is 1. The molecule has 0 aliphatic heterocycles. The molecule has 7 heteroatoms. The lowest BCUT2D eigenvalue weighted by atomic mass is 10.2. The lowest BCUT2D eigenvalue weighted by Crippen LogP contribution is -2.34. The number of aryl methyl sites for hydroxylation is 1. The maximum Gasteiger partial charge on any atom is 0.329 e. The second-order valence-corrected chi connectivity index (χ2v) is 6.56. The summed E-state index contributed by atoms with van der Waals surface area (Å²) in [7, 11) is 4.97. The minimum absolute atomic E-state index is 0.0282. The molecular weight excluding hydrogens is 354 g/mol. The molecule has 0 saturated heterocycles. The highest BCUT2D eigenvalue weighted by atomic mass is 35.5. The Morgan fingerprint density at radius 1 is 1.19 bits per heavy atom. The fourth-order valence-electron chi connectivity index (χ4n) is 2.99. The maximum absolute atomic E-state index is 12.7. The molecule has 0 saturated carbocycles. The first-order valence-electron chi connectivity index (χ1n) is 8.13. The molecule has 3 rings (SSSR count). The molecule has 0 radical (unpaired) electrons. The van der Waals surface area contributed by atoms with Gasteiger partial charge in [-0.1, -0.05) is 23.7 Å². The smallest absolute Gasteiger partial charge is 0.329 e. The Morgan fingerprint density at radius 2 is 1.88 bits per heavy atom. The normalized spacial score (nSPS) is 10.9. The van der Waals surface area contributed by atoms with Crippen LogP contribution in [-0.2, 0) is 24.9 Å². The summed E-state index contributed by atoms with van der Waals surface area (Å²) >= 11 is 6.05. The first-order chi connectivity index (χ1) is 12.4. The summed E-state index contributed by atoms with van der Waals surface area (Å²) in [5, 5.41) is 0.576. The van der Waals surface area contributed by atoms with Crippen molar-refractivity contribution < 1.29 is 9.53 Å². The molecule has 136 valence electrons. The minimum Gasteiger partial charge on any atom is -0.496 e. The Morgan fingerprint density at radius 3 is 2.58 bits per heavy atom. The van der Waals surface area contributed by atoms with E-state index in [9.17, 15) is 9.59 Å². The van der Waals surface area contributed by atoms with E-state index in [4.69, 9.17) is 16.3 Å². The van der Waals surface area contributed by atoms with Crippen LogP contribution in [0, 0.1) is 0 Å². The van der Waals surface area contributed by atoms with Gasteiger partial charge in [0.05, 0.1) is 18.1 Å². The molecule has 2 aromatic carbocycles. The fraction of sp³-hybridized carbons (Fsp3) is 0.263. The van der Waals surface area contributed by atoms with E-state index in [-0.39, 0.29) is 18.1 Å². The Bertz CT molecular complexity index is 1020. The van der Waals surface area contributed by atoms with Gasteiger partial charge in [-0.15, -0.1) is 0 Å². The summed E-state index contributed by atoms with van der Waals surface area (Å²) in [6.07, 6.45) is 0. The third-order valence-electron chi connectivity index (χ3n) is 4.42. The van der Waals surface area contributed by atoms with Crippen LogP contribution >= 0.6 is 11.6 Å². The summed E-state index contributed by atoms with van der Waals surface area (Å²) in [5.41, 5.74) is 2.13. The number of rotatable bonds is 5. The van der Waals surface area contributed by atoms with Gasteiger partial charge in [-0.25, -0.2) is 4.79 Å². The van der Waals surface area contributed by atoms with Crippen molar-refractivity contribution >= 4 is 28.5 Å². The van der Waals surface area contributed by atoms with Gasteiger partial charge in [-0.3, -0.25) is 13.9 Å². The third-order valence-corrected chi connectivity index (χ3v) is 4.66. The summed E-state index contributed by atoms with van der Waals surface area (Å²) in [6, 6.07) is 12.7. The average Bonchev–Trinajstić information content (AvgIpc) is 2.87. The average molecular weight is 374 g/mol. The number of hydrogen-bond donors (Lipinski definition) is 0. The van der Waals surface area contributed by atoms with E-state index in [1.807, 2.05) is 24.3 Å². The van der Waals surface area contributed by atoms with E-state index < -0.39 is 0 Å². The van der Waals surface area contributed by atoms with Gasteiger partial charge < -0.3 is 9.64 Å². The van der Waals surface area contributed by atoms with Gasteiger partial charge in [0, 0.05) is 31.2 Å². The lowest BCUT2D eigenvalue weighted by molar-refractivity contribution is -0.131. The van der Waals surface area contributed by atoms with Crippen molar-refractivity contribution in [2.75, 3.05) is 14.2 Å². The van der Waals surface area contributed by atoms with E-state index >= 15 is 0 Å². The Balaban J connectivity index is 1.84. The van der Waals surface area contributed by atoms with E-state index in [0.29, 0.717) is 17.3 Å². The Hall–Kier alpha value is -2.73. The van der Waals surface area contributed by atoms with Crippen LogP contribution in [0.5, 0.6) is 5.75 Å². The number of fused-ring (bicyclic) bond motifs is 1. The number of nitrogens with zero attached hydrogens (tertiary/aromatic N) is 3. The van der Waals surface area contributed by atoms with Gasteiger partial charge in [-0.2, -0.15) is 0 Å². The zero-order valence-corrected chi connectivity index (χ0v) is 15.7. The van der Waals surface area contributed by atoms with Crippen molar-refractivity contribution in [1.29, 1.82) is 0 Å². The standard InChI is InChI=1S/C19H20ClN3O3/c1-21(11-13-10-14(20)8-9-17(13)26-3)18(24)12-23-16-7-5-4-6-15(16)22(2)19(23)25/h4-10H,11-12H2,1-3H3. The molecule has 1 amide bonds. The van der Waals surface area contributed by atoms with Crippen molar-refractivity contribution in [3.63, 3.8) is 0 Å². The number of amides is 1. The number of likely N-dealkylation sites (N-methyl/N-ethyl adjacent to an activating group) is 1. The highest BCUT2D eigenvalue weighted by Crippen LogP contribution is 2.24. The summed E-state index contributed by atoms with van der Waals surface area (Å²) < 4.78 is 8.36. The van der Waals surface area contributed by atoms with Crippen LogP contribution in [0.4, 0.5) is 0 Å². The number of imidazole rings is 1. The van der Waals surface area contributed by atoms with Crippen molar-refractivity contribution in [2.24, 2.45) is 7.05 Å². The summed E-state index contributed by atoms with van der Waals surface area (Å²) in [5.74, 6) is 0.488. The van der Waals surface area contributed by atoms with E-state index in [1.54, 1.807) is 48.9 Å². The predicted octanol–water partition coefficient (Wildman–Crippen LogP) is 2.66. The van der Waals surface area contributed by atoms with Gasteiger partial charge in [0.15, 0.2) is 0 Å². The number of para-hydroxylation sites is 2. The number of ether oxygens (including phenoxy) is 1. The lowest BCUT2D eigenvalue weighted by Gasteiger charge is -2.19. The predicted molar refractivity (Wildman–Crippen MR) is 102 cm³/mol. The first kappa shape index (κ1) is 18.1. The van der Waals surface area contributed by atoms with Gasteiger partial charge in [-0.05, 0) is 30.3 Å². The van der Waals surface area contributed by atoms with E-state index in [2.05, 4.69) is 0 Å². The third kappa shape index (κ3) is 3.32. The van der Waals surface area contributed by atoms with Crippen LogP contribution in [0.25, 0.3) is 11.0 Å². The fourth-order valence-corrected chi connectivity index (χ4v) is 3.18. The molecular formula is C19H20ClN3O3. The molecule has 3 aromatic rings. The van der Waals surface area contributed by atoms with Crippen LogP contribution in [0.15, 0.2) is 47.3 Å². The van der Waals surface area contributed by atoms with Gasteiger partial charge in [0.2, 0.25) is 5.91 Å². The van der Waals surface area contributed by atoms with Crippen LogP contribution in [0.1, 0.15) is 5.56 Å². The molecule has 1 heterocycles. The number of hydrogen-bond acceptors (Lipinski definition) is 3. The van der Waals surface area contributed by atoms with Crippen LogP contribution in [0.3, 0.4) is 0 Å².